The molecule has 0 atom stereocenters. The quantitative estimate of drug-likeness (QED) is 0.285. The van der Waals surface area contributed by atoms with Crippen molar-refractivity contribution in [2.45, 2.75) is 77.6 Å². The Morgan fingerprint density at radius 3 is 1.76 bits per heavy atom. The van der Waals surface area contributed by atoms with E-state index in [1.54, 1.807) is 0 Å². The van der Waals surface area contributed by atoms with Crippen molar-refractivity contribution in [2.24, 2.45) is 0 Å². The Hall–Kier alpha value is -0.570. The zero-order chi connectivity index (χ0) is 12.6. The van der Waals surface area contributed by atoms with Gasteiger partial charge in [-0.15, -0.1) is 0 Å². The summed E-state index contributed by atoms with van der Waals surface area (Å²) in [5, 5.41) is 0. The number of hydrogen-bond donors (Lipinski definition) is 1. The molecular formula is C14H29NO2. The number of hydrogen-bond acceptors (Lipinski definition) is 2. The molecule has 0 unspecified atom stereocenters. The highest BCUT2D eigenvalue weighted by molar-refractivity contribution is 5.43. The van der Waals surface area contributed by atoms with Gasteiger partial charge in [0.2, 0.25) is 6.41 Å². The van der Waals surface area contributed by atoms with Gasteiger partial charge in [0.1, 0.15) is 0 Å². The van der Waals surface area contributed by atoms with Gasteiger partial charge in [0.15, 0.2) is 0 Å². The number of rotatable bonds is 14. The second-order valence-corrected chi connectivity index (χ2v) is 4.62. The summed E-state index contributed by atoms with van der Waals surface area (Å²) < 4.78 is 0. The van der Waals surface area contributed by atoms with Crippen LogP contribution in [0, 0.1) is 0 Å². The first-order valence-electron chi connectivity index (χ1n) is 7.22. The molecule has 0 rings (SSSR count). The number of amides is 1. The van der Waals surface area contributed by atoms with E-state index in [9.17, 15) is 4.79 Å². The highest BCUT2D eigenvalue weighted by atomic mass is 16.6. The van der Waals surface area contributed by atoms with Gasteiger partial charge < -0.3 is 0 Å². The fourth-order valence-electron chi connectivity index (χ4n) is 1.93. The molecule has 0 aliphatic rings. The van der Waals surface area contributed by atoms with E-state index in [4.69, 9.17) is 4.84 Å². The van der Waals surface area contributed by atoms with Crippen molar-refractivity contribution in [1.82, 2.24) is 5.48 Å². The SMILES string of the molecule is CCCCCCCCCCCCCONC=O. The number of carbonyl (C=O) groups excluding carboxylic acids is 1. The molecule has 0 saturated heterocycles. The van der Waals surface area contributed by atoms with E-state index in [2.05, 4.69) is 12.4 Å². The molecule has 0 aromatic rings. The molecule has 0 heterocycles. The molecule has 1 N–H and O–H groups in total. The van der Waals surface area contributed by atoms with Gasteiger partial charge >= 0.3 is 0 Å². The van der Waals surface area contributed by atoms with E-state index >= 15 is 0 Å². The minimum absolute atomic E-state index is 0.568. The largest absolute Gasteiger partial charge is 0.277 e. The Morgan fingerprint density at radius 2 is 1.29 bits per heavy atom. The summed E-state index contributed by atoms with van der Waals surface area (Å²) in [6, 6.07) is 0. The highest BCUT2D eigenvalue weighted by Gasteiger charge is 1.93. The average Bonchev–Trinajstić information content (AvgIpc) is 2.35. The summed E-state index contributed by atoms with van der Waals surface area (Å²) in [7, 11) is 0. The summed E-state index contributed by atoms with van der Waals surface area (Å²) in [4.78, 5) is 14.7. The van der Waals surface area contributed by atoms with Crippen LogP contribution in [0.2, 0.25) is 0 Å². The van der Waals surface area contributed by atoms with Crippen molar-refractivity contribution in [3.8, 4) is 0 Å². The van der Waals surface area contributed by atoms with Crippen LogP contribution in [0.15, 0.2) is 0 Å². The third kappa shape index (κ3) is 15.4. The molecule has 0 aromatic heterocycles. The molecule has 0 aliphatic carbocycles. The van der Waals surface area contributed by atoms with E-state index in [0.29, 0.717) is 13.0 Å². The standard InChI is InChI=1S/C14H29NO2/c1-2-3-4-5-6-7-8-9-10-11-12-13-17-15-14-16/h14H,2-13H2,1H3,(H,15,16). The Morgan fingerprint density at radius 1 is 0.824 bits per heavy atom. The maximum absolute atomic E-state index is 9.87. The maximum Gasteiger partial charge on any atom is 0.230 e. The molecule has 0 spiro atoms. The molecule has 0 radical (unpaired) electrons. The van der Waals surface area contributed by atoms with Gasteiger partial charge in [-0.3, -0.25) is 9.63 Å². The lowest BCUT2D eigenvalue weighted by molar-refractivity contribution is -0.120. The molecule has 3 heteroatoms. The van der Waals surface area contributed by atoms with E-state index in [1.807, 2.05) is 0 Å². The Labute approximate surface area is 106 Å². The second-order valence-electron chi connectivity index (χ2n) is 4.62. The summed E-state index contributed by atoms with van der Waals surface area (Å²) in [6.45, 7) is 2.89. The van der Waals surface area contributed by atoms with Crippen LogP contribution >= 0.6 is 0 Å². The zero-order valence-electron chi connectivity index (χ0n) is 11.4. The van der Waals surface area contributed by atoms with Crippen LogP contribution in [0.3, 0.4) is 0 Å². The maximum atomic E-state index is 9.87. The molecule has 0 bridgehead atoms. The normalized spacial score (nSPS) is 10.4. The third-order valence-corrected chi connectivity index (χ3v) is 2.98. The van der Waals surface area contributed by atoms with Crippen molar-refractivity contribution in [3.05, 3.63) is 0 Å². The predicted octanol–water partition coefficient (Wildman–Crippen LogP) is 3.98. The molecule has 0 fully saturated rings. The van der Waals surface area contributed by atoms with Crippen LogP contribution in [0.25, 0.3) is 0 Å². The van der Waals surface area contributed by atoms with Crippen LogP contribution in [0.5, 0.6) is 0 Å². The molecule has 102 valence electrons. The average molecular weight is 243 g/mol. The molecular weight excluding hydrogens is 214 g/mol. The number of unbranched alkanes of at least 4 members (excludes halogenated alkanes) is 10. The Balaban J connectivity index is 2.87. The second kappa shape index (κ2) is 15.4. The molecule has 17 heavy (non-hydrogen) atoms. The van der Waals surface area contributed by atoms with Gasteiger partial charge in [-0.2, -0.15) is 0 Å². The van der Waals surface area contributed by atoms with E-state index in [1.165, 1.54) is 64.2 Å². The fourth-order valence-corrected chi connectivity index (χ4v) is 1.93. The van der Waals surface area contributed by atoms with Gasteiger partial charge in [-0.1, -0.05) is 71.1 Å². The van der Waals surface area contributed by atoms with Crippen molar-refractivity contribution < 1.29 is 9.63 Å². The summed E-state index contributed by atoms with van der Waals surface area (Å²) in [6.07, 6.45) is 15.2. The van der Waals surface area contributed by atoms with Crippen molar-refractivity contribution in [3.63, 3.8) is 0 Å². The first-order valence-corrected chi connectivity index (χ1v) is 7.22. The van der Waals surface area contributed by atoms with Crippen molar-refractivity contribution >= 4 is 6.41 Å². The Kier molecular flexibility index (Phi) is 14.9. The topological polar surface area (TPSA) is 38.3 Å². The van der Waals surface area contributed by atoms with E-state index in [0.717, 1.165) is 6.42 Å². The zero-order valence-corrected chi connectivity index (χ0v) is 11.4. The van der Waals surface area contributed by atoms with Gasteiger partial charge in [0.25, 0.3) is 0 Å². The minimum atomic E-state index is 0.568. The smallest absolute Gasteiger partial charge is 0.230 e. The molecule has 1 amide bonds. The van der Waals surface area contributed by atoms with Gasteiger partial charge in [-0.25, -0.2) is 5.48 Å². The Bertz CT molecular complexity index is 151. The van der Waals surface area contributed by atoms with Crippen LogP contribution in [0.4, 0.5) is 0 Å². The lowest BCUT2D eigenvalue weighted by Crippen LogP contribution is -2.12. The minimum Gasteiger partial charge on any atom is -0.277 e. The summed E-state index contributed by atoms with van der Waals surface area (Å²) in [5.41, 5.74) is 2.20. The van der Waals surface area contributed by atoms with E-state index in [-0.39, 0.29) is 0 Å². The first-order chi connectivity index (χ1) is 8.41. The van der Waals surface area contributed by atoms with Crippen molar-refractivity contribution in [1.29, 1.82) is 0 Å². The van der Waals surface area contributed by atoms with Crippen LogP contribution in [0.1, 0.15) is 77.6 Å². The molecule has 0 aromatic carbocycles. The van der Waals surface area contributed by atoms with E-state index < -0.39 is 0 Å². The number of carbonyl (C=O) groups is 1. The molecule has 0 saturated carbocycles. The summed E-state index contributed by atoms with van der Waals surface area (Å²) in [5.74, 6) is 0. The van der Waals surface area contributed by atoms with Gasteiger partial charge in [-0.05, 0) is 6.42 Å². The molecule has 3 nitrogen and oxygen atoms in total. The number of nitrogens with one attached hydrogen (secondary N) is 1. The highest BCUT2D eigenvalue weighted by Crippen LogP contribution is 2.11. The molecule has 0 aliphatic heterocycles. The van der Waals surface area contributed by atoms with Gasteiger partial charge in [0.05, 0.1) is 6.61 Å². The predicted molar refractivity (Wildman–Crippen MR) is 71.6 cm³/mol. The van der Waals surface area contributed by atoms with Crippen LogP contribution in [-0.4, -0.2) is 13.0 Å². The lowest BCUT2D eigenvalue weighted by atomic mass is 10.1. The van der Waals surface area contributed by atoms with Crippen molar-refractivity contribution in [2.75, 3.05) is 6.61 Å². The number of hydroxylamine groups is 1. The monoisotopic (exact) mass is 243 g/mol. The third-order valence-electron chi connectivity index (χ3n) is 2.98. The van der Waals surface area contributed by atoms with Crippen LogP contribution < -0.4 is 5.48 Å². The fraction of sp³-hybridized carbons (Fsp3) is 0.929. The first kappa shape index (κ1) is 16.4. The lowest BCUT2D eigenvalue weighted by Gasteiger charge is -2.02. The van der Waals surface area contributed by atoms with Gasteiger partial charge in [0, 0.05) is 0 Å². The van der Waals surface area contributed by atoms with Crippen LogP contribution in [-0.2, 0) is 9.63 Å². The summed E-state index contributed by atoms with van der Waals surface area (Å²) >= 11 is 0.